The third-order valence-corrected chi connectivity index (χ3v) is 18.8. The van der Waals surface area contributed by atoms with E-state index in [1.165, 1.54) is 193 Å². The van der Waals surface area contributed by atoms with Crippen molar-refractivity contribution in [1.29, 1.82) is 0 Å². The predicted molar refractivity (Wildman–Crippen MR) is 449 cm³/mol. The Hall–Kier alpha value is -6.44. The van der Waals surface area contributed by atoms with Crippen molar-refractivity contribution < 1.29 is 236 Å². The number of ketones is 6. The van der Waals surface area contributed by atoms with E-state index in [0.717, 1.165) is 12.2 Å². The second-order valence-electron chi connectivity index (χ2n) is 29.9. The normalized spacial score (nSPS) is 14.7. The number of rotatable bonds is 48. The van der Waals surface area contributed by atoms with Crippen LogP contribution in [0, 0.1) is 0 Å². The van der Waals surface area contributed by atoms with Crippen LogP contribution in [0.5, 0.6) is 0 Å². The van der Waals surface area contributed by atoms with Crippen molar-refractivity contribution in [3.05, 3.63) is 48.6 Å². The quantitative estimate of drug-likeness (QED) is 0.0291. The van der Waals surface area contributed by atoms with Crippen LogP contribution in [0.25, 0.3) is 0 Å². The smallest absolute Gasteiger partial charge is 0.245 e. The topological polar surface area (TPSA) is 480 Å². The van der Waals surface area contributed by atoms with Crippen molar-refractivity contribution in [2.24, 2.45) is 0 Å². The maximum Gasteiger partial charge on any atom is 0.245 e. The molecular formula is C82H132N16O22Y4-4. The summed E-state index contributed by atoms with van der Waals surface area (Å²) in [6, 6.07) is -12.5. The minimum absolute atomic E-state index is 0. The molecule has 4 radical (unpaired) electrons. The maximum absolute atomic E-state index is 13.0. The Morgan fingerprint density at radius 3 is 0.831 bits per heavy atom. The molecule has 0 saturated heterocycles. The van der Waals surface area contributed by atoms with Gasteiger partial charge in [-0.2, -0.15) is 0 Å². The molecule has 16 atom stereocenters. The minimum Gasteiger partial charge on any atom is -0.540 e. The molecule has 0 rings (SSSR count). The zero-order chi connectivity index (χ0) is 94.4. The molecule has 0 fully saturated rings. The molecule has 0 heterocycles. The average Bonchev–Trinajstić information content (AvgIpc) is 0.823. The number of carbonyl (C=O) groups excluding carboxylic acids is 22. The maximum atomic E-state index is 13.0. The van der Waals surface area contributed by atoms with Crippen molar-refractivity contribution >= 4 is 131 Å². The van der Waals surface area contributed by atoms with E-state index >= 15 is 0 Å². The fourth-order valence-electron chi connectivity index (χ4n) is 10.1. The van der Waals surface area contributed by atoms with Crippen molar-refractivity contribution in [2.45, 2.75) is 246 Å². The zero-order valence-electron chi connectivity index (χ0n) is 77.9. The first-order valence-electron chi connectivity index (χ1n) is 38.7. The summed E-state index contributed by atoms with van der Waals surface area (Å²) in [6.07, 6.45) is 19.0. The van der Waals surface area contributed by atoms with E-state index in [9.17, 15) is 105 Å². The first kappa shape index (κ1) is 133. The van der Waals surface area contributed by atoms with Gasteiger partial charge in [-0.05, 0) is 202 Å². The molecule has 688 valence electrons. The molecule has 124 heavy (non-hydrogen) atoms. The van der Waals surface area contributed by atoms with Crippen molar-refractivity contribution in [3.8, 4) is 0 Å². The van der Waals surface area contributed by atoms with E-state index in [1.807, 2.05) is 0 Å². The number of allylic oxidation sites excluding steroid dienone is 7. The fourth-order valence-corrected chi connectivity index (χ4v) is 10.1. The van der Waals surface area contributed by atoms with E-state index in [0.29, 0.717) is 19.3 Å². The summed E-state index contributed by atoms with van der Waals surface area (Å²) in [4.78, 5) is 275. The molecule has 0 aromatic carbocycles. The monoisotopic (exact) mass is 2050 g/mol. The number of hydrogen-bond donors (Lipinski definition) is 6. The molecule has 12 amide bonds. The fraction of sp³-hybridized carbons (Fsp3) is 0.634. The summed E-state index contributed by atoms with van der Waals surface area (Å²) in [6.45, 7) is 23.6. The second-order valence-corrected chi connectivity index (χ2v) is 29.9. The van der Waals surface area contributed by atoms with Gasteiger partial charge in [0.1, 0.15) is 48.3 Å². The molecule has 0 saturated carbocycles. The Bertz CT molecular complexity index is 3680. The SMILES string of the molecule is CC(=O)C=CC(=O)CC(C(=O)N(C)C(C)C(=O)N(C)C(C)C(=O)N(C)C(C)[C-]=O)N(C)C.CC(=O)C=CC(=O)CCC(C(=O)NC(C)C(=O)NC(C)C(=O)NC(C)[C-]=O)N(C)C.CC(=O)C=CCC(C(=O)N(C)C(C)C(=O)N(C)C(C)C(=O)N(C)C(C)[C-]=O)N(C)C.CC(=O)C=CCCC(C(=O)NC(C)C(=O)NC(C)C(=O)NC(C)[C-]=O)N(C)C.[Y].[Y].[Y].[Y]. The van der Waals surface area contributed by atoms with Crippen molar-refractivity contribution in [3.63, 3.8) is 0 Å². The van der Waals surface area contributed by atoms with Crippen molar-refractivity contribution in [1.82, 2.24) is 80.9 Å². The molecule has 0 bridgehead atoms. The van der Waals surface area contributed by atoms with Gasteiger partial charge in [0.2, 0.25) is 70.9 Å². The number of amides is 12. The van der Waals surface area contributed by atoms with Crippen LogP contribution in [0.3, 0.4) is 0 Å². The molecule has 0 aromatic heterocycles. The Balaban J connectivity index is -0.000000239. The van der Waals surface area contributed by atoms with Crippen LogP contribution < -0.4 is 31.9 Å². The number of nitrogens with zero attached hydrogens (tertiary/aromatic N) is 10. The first-order chi connectivity index (χ1) is 55.3. The summed E-state index contributed by atoms with van der Waals surface area (Å²) in [5.41, 5.74) is 0. The first-order valence-corrected chi connectivity index (χ1v) is 38.7. The molecule has 16 unspecified atom stereocenters. The summed E-state index contributed by atoms with van der Waals surface area (Å²) >= 11 is 0. The number of hydrogen-bond acceptors (Lipinski definition) is 26. The molecule has 38 nitrogen and oxygen atoms in total. The molecule has 42 heteroatoms. The average molecular weight is 2050 g/mol. The number of nitrogens with one attached hydrogen (secondary N) is 6. The summed E-state index contributed by atoms with van der Waals surface area (Å²) in [7, 11) is 22.5. The summed E-state index contributed by atoms with van der Waals surface area (Å²) in [5, 5.41) is 14.9. The van der Waals surface area contributed by atoms with E-state index in [4.69, 9.17) is 0 Å². The van der Waals surface area contributed by atoms with Crippen LogP contribution in [0.15, 0.2) is 48.6 Å². The molecule has 0 aliphatic carbocycles. The third kappa shape index (κ3) is 52.7. The molecule has 0 spiro atoms. The Morgan fingerprint density at radius 1 is 0.282 bits per heavy atom. The Morgan fingerprint density at radius 2 is 0.540 bits per heavy atom. The largest absolute Gasteiger partial charge is 0.540 e. The van der Waals surface area contributed by atoms with Gasteiger partial charge in [0.15, 0.2) is 34.7 Å². The summed E-state index contributed by atoms with van der Waals surface area (Å²) < 4.78 is 0. The predicted octanol–water partition coefficient (Wildman–Crippen LogP) is -1.74. The van der Waals surface area contributed by atoms with Gasteiger partial charge in [-0.1, -0.05) is 64.0 Å². The molecule has 6 N–H and O–H groups in total. The Labute approximate surface area is 833 Å². The third-order valence-electron chi connectivity index (χ3n) is 18.8. The van der Waals surface area contributed by atoms with Gasteiger partial charge in [0.25, 0.3) is 0 Å². The van der Waals surface area contributed by atoms with Gasteiger partial charge in [-0.3, -0.25) is 106 Å². The van der Waals surface area contributed by atoms with Crippen LogP contribution >= 0.6 is 0 Å². The van der Waals surface area contributed by atoms with Gasteiger partial charge in [-0.15, -0.1) is 0 Å². The molecule has 0 aromatic rings. The van der Waals surface area contributed by atoms with E-state index in [-0.39, 0.29) is 197 Å². The van der Waals surface area contributed by atoms with Crippen molar-refractivity contribution in [2.75, 3.05) is 98.7 Å². The second kappa shape index (κ2) is 69.6. The van der Waals surface area contributed by atoms with Crippen LogP contribution in [-0.2, 0) is 236 Å². The molecule has 0 aliphatic heterocycles. The van der Waals surface area contributed by atoms with E-state index < -0.39 is 156 Å². The Kier molecular flexibility index (Phi) is 74.7. The van der Waals surface area contributed by atoms with Gasteiger partial charge in [0, 0.05) is 186 Å². The van der Waals surface area contributed by atoms with E-state index in [2.05, 4.69) is 31.9 Å². The van der Waals surface area contributed by atoms with Crippen LogP contribution in [0.2, 0.25) is 0 Å². The van der Waals surface area contributed by atoms with Gasteiger partial charge >= 0.3 is 0 Å². The van der Waals surface area contributed by atoms with E-state index in [1.54, 1.807) is 127 Å². The van der Waals surface area contributed by atoms with Gasteiger partial charge < -0.3 is 80.5 Å². The van der Waals surface area contributed by atoms with Gasteiger partial charge in [0.05, 0.1) is 24.2 Å². The van der Waals surface area contributed by atoms with Crippen LogP contribution in [0.1, 0.15) is 149 Å². The summed E-state index contributed by atoms with van der Waals surface area (Å²) in [5.74, 6) is -6.75. The molecule has 0 aliphatic rings. The zero-order valence-corrected chi connectivity index (χ0v) is 89.2. The minimum atomic E-state index is -0.932. The standard InChI is InChI=1S/C22H35N4O6.C21H35N4O5.C20H31N4O6.C19H31N4O5.4Y/c1-14(13-27)24(7)20(30)16(3)25(8)21(31)17(4)26(9)22(32)19(23(5)6)12-18(29)11-10-15(2)28;1-14(13-26)23(7)19(28)16(3)24(8)20(29)17(4)25(9)21(30)18(22(5)6)12-10-11-15(2)27;1-12(11-25)21-18(28)14(3)22-19(29)15(4)23-20(30)17(24(5)6)10-9-16(27)8-7-13(2)26;1-12(11-24)20-17(26)14(3)21-18(27)15(4)22-19(28)16(23(5)6)10-8-7-9-13(2)25;;;;/h10-11,14,16-17,19H,12H2,1-9H3;10-11,14,16-18H,12H2,1-9H3;7-8,12,14-15,17H,9-10H2,1-6H3,(H,21,28)(H,22,29)(H,23,30);7,9,12,14-16H,8,10H2,1-6H3,(H,20,26)(H,21,27)(H,22,28);;;;/q4*-1;;;;. The molecular weight excluding hydrogens is 1920 g/mol. The van der Waals surface area contributed by atoms with Crippen LogP contribution in [0.4, 0.5) is 0 Å². The number of carbonyl (C=O) groups is 18. The van der Waals surface area contributed by atoms with Crippen LogP contribution in [-0.4, -0.2) is 375 Å². The van der Waals surface area contributed by atoms with Gasteiger partial charge in [-0.25, -0.2) is 25.1 Å². The number of likely N-dealkylation sites (N-methyl/N-ethyl adjacent to an activating group) is 10.